The van der Waals surface area contributed by atoms with Crippen molar-refractivity contribution in [3.8, 4) is 0 Å². The first-order valence-corrected chi connectivity index (χ1v) is 5.49. The van der Waals surface area contributed by atoms with Crippen LogP contribution in [0, 0.1) is 0 Å². The van der Waals surface area contributed by atoms with E-state index in [-0.39, 0.29) is 12.7 Å². The van der Waals surface area contributed by atoms with Crippen LogP contribution < -0.4 is 0 Å². The minimum absolute atomic E-state index is 0.308. The van der Waals surface area contributed by atoms with Gasteiger partial charge in [0.1, 0.15) is 24.4 Å². The van der Waals surface area contributed by atoms with Crippen LogP contribution in [0.1, 0.15) is 13.3 Å². The zero-order chi connectivity index (χ0) is 11.7. The zero-order valence-corrected chi connectivity index (χ0v) is 9.11. The summed E-state index contributed by atoms with van der Waals surface area (Å²) in [6, 6.07) is -0.487. The summed E-state index contributed by atoms with van der Waals surface area (Å²) in [6.07, 6.45) is -2.67. The van der Waals surface area contributed by atoms with Gasteiger partial charge in [-0.3, -0.25) is 0 Å². The number of rotatable bonds is 2. The van der Waals surface area contributed by atoms with Crippen LogP contribution in [0.3, 0.4) is 0 Å². The van der Waals surface area contributed by atoms with Gasteiger partial charge in [0.2, 0.25) is 0 Å². The molecule has 0 aromatic rings. The number of aliphatic hydroxyl groups is 3. The largest absolute Gasteiger partial charge is 0.481 e. The van der Waals surface area contributed by atoms with Crippen molar-refractivity contribution in [2.45, 2.75) is 43.8 Å². The van der Waals surface area contributed by atoms with Crippen molar-refractivity contribution in [2.24, 2.45) is 4.99 Å². The molecule has 0 aromatic carbocycles. The Labute approximate surface area is 93.5 Å². The fourth-order valence-corrected chi connectivity index (χ4v) is 2.16. The minimum Gasteiger partial charge on any atom is -0.481 e. The van der Waals surface area contributed by atoms with E-state index in [1.165, 1.54) is 0 Å². The molecule has 6 nitrogen and oxygen atoms in total. The molecule has 0 bridgehead atoms. The number of aliphatic hydroxyl groups excluding tert-OH is 3. The smallest absolute Gasteiger partial charge is 0.186 e. The van der Waals surface area contributed by atoms with Gasteiger partial charge >= 0.3 is 0 Å². The molecule has 0 unspecified atom stereocenters. The van der Waals surface area contributed by atoms with Crippen LogP contribution in [0.4, 0.5) is 0 Å². The van der Waals surface area contributed by atoms with Gasteiger partial charge in [-0.2, -0.15) is 0 Å². The molecule has 2 aliphatic heterocycles. The molecule has 3 N–H and O–H groups in total. The summed E-state index contributed by atoms with van der Waals surface area (Å²) in [5, 5.41) is 28.5. The highest BCUT2D eigenvalue weighted by Gasteiger charge is 2.47. The molecule has 1 saturated heterocycles. The SMILES string of the molecule is CCOC1=N[C@@H]2[C@@H](O)[C@H](O)[C@@H](CO)O[C@@H]2C1. The second kappa shape index (κ2) is 4.67. The molecule has 2 aliphatic rings. The highest BCUT2D eigenvalue weighted by molar-refractivity contribution is 5.79. The quantitative estimate of drug-likeness (QED) is 0.548. The molecule has 0 amide bonds. The Morgan fingerprint density at radius 2 is 2.19 bits per heavy atom. The van der Waals surface area contributed by atoms with Gasteiger partial charge in [0.25, 0.3) is 0 Å². The number of aliphatic imine (C=N–C) groups is 1. The summed E-state index contributed by atoms with van der Waals surface area (Å²) in [5.74, 6) is 0.544. The minimum atomic E-state index is -1.10. The maximum Gasteiger partial charge on any atom is 0.186 e. The maximum absolute atomic E-state index is 9.83. The van der Waals surface area contributed by atoms with Crippen LogP contribution in [0.5, 0.6) is 0 Å². The Morgan fingerprint density at radius 1 is 1.44 bits per heavy atom. The van der Waals surface area contributed by atoms with Crippen molar-refractivity contribution in [2.75, 3.05) is 13.2 Å². The third-order valence-corrected chi connectivity index (χ3v) is 2.97. The van der Waals surface area contributed by atoms with Crippen molar-refractivity contribution in [1.82, 2.24) is 0 Å². The third kappa shape index (κ3) is 1.93. The summed E-state index contributed by atoms with van der Waals surface area (Å²) < 4.78 is 10.7. The van der Waals surface area contributed by atoms with E-state index in [4.69, 9.17) is 14.6 Å². The van der Waals surface area contributed by atoms with E-state index in [2.05, 4.69) is 4.99 Å². The molecule has 0 aromatic heterocycles. The molecule has 1 fully saturated rings. The zero-order valence-electron chi connectivity index (χ0n) is 9.11. The highest BCUT2D eigenvalue weighted by Crippen LogP contribution is 2.30. The summed E-state index contributed by atoms with van der Waals surface area (Å²) in [7, 11) is 0. The maximum atomic E-state index is 9.83. The Balaban J connectivity index is 2.08. The van der Waals surface area contributed by atoms with Crippen molar-refractivity contribution in [3.63, 3.8) is 0 Å². The molecule has 16 heavy (non-hydrogen) atoms. The van der Waals surface area contributed by atoms with Crippen LogP contribution in [-0.2, 0) is 9.47 Å². The van der Waals surface area contributed by atoms with E-state index in [0.29, 0.717) is 18.9 Å². The fraction of sp³-hybridized carbons (Fsp3) is 0.900. The van der Waals surface area contributed by atoms with E-state index >= 15 is 0 Å². The number of hydrogen-bond acceptors (Lipinski definition) is 6. The fourth-order valence-electron chi connectivity index (χ4n) is 2.16. The monoisotopic (exact) mass is 231 g/mol. The van der Waals surface area contributed by atoms with Crippen LogP contribution >= 0.6 is 0 Å². The van der Waals surface area contributed by atoms with E-state index in [1.807, 2.05) is 6.92 Å². The number of ether oxygens (including phenoxy) is 2. The topological polar surface area (TPSA) is 91.5 Å². The van der Waals surface area contributed by atoms with Crippen molar-refractivity contribution >= 4 is 5.90 Å². The molecule has 6 heteroatoms. The van der Waals surface area contributed by atoms with Crippen LogP contribution in [0.15, 0.2) is 4.99 Å². The van der Waals surface area contributed by atoms with Gasteiger partial charge in [0.15, 0.2) is 5.90 Å². The van der Waals surface area contributed by atoms with E-state index in [1.54, 1.807) is 0 Å². The van der Waals surface area contributed by atoms with Gasteiger partial charge < -0.3 is 24.8 Å². The van der Waals surface area contributed by atoms with E-state index in [0.717, 1.165) is 0 Å². The molecule has 2 rings (SSSR count). The van der Waals surface area contributed by atoms with Gasteiger partial charge in [0, 0.05) is 0 Å². The Kier molecular flexibility index (Phi) is 3.44. The normalized spacial score (nSPS) is 42.8. The van der Waals surface area contributed by atoms with Crippen molar-refractivity contribution < 1.29 is 24.8 Å². The second-order valence-corrected chi connectivity index (χ2v) is 4.03. The third-order valence-electron chi connectivity index (χ3n) is 2.97. The standard InChI is InChI=1S/C10H17NO5/c1-2-15-7-3-5-8(11-7)10(14)9(13)6(4-12)16-5/h5-6,8-10,12-14H,2-4H2,1H3/t5-,6-,8+,9-,10-/m1/s1. The number of hydrogen-bond donors (Lipinski definition) is 3. The average molecular weight is 231 g/mol. The number of nitrogens with zero attached hydrogens (tertiary/aromatic N) is 1. The highest BCUT2D eigenvalue weighted by atomic mass is 16.5. The molecule has 2 heterocycles. The van der Waals surface area contributed by atoms with Gasteiger partial charge in [-0.05, 0) is 6.92 Å². The molecule has 0 saturated carbocycles. The predicted molar refractivity (Wildman–Crippen MR) is 55.2 cm³/mol. The molecule has 0 radical (unpaired) electrons. The van der Waals surface area contributed by atoms with E-state index < -0.39 is 24.4 Å². The van der Waals surface area contributed by atoms with Crippen LogP contribution in [0.2, 0.25) is 0 Å². The van der Waals surface area contributed by atoms with Gasteiger partial charge in [-0.15, -0.1) is 0 Å². The Bertz CT molecular complexity index is 282. The lowest BCUT2D eigenvalue weighted by Crippen LogP contribution is -2.56. The summed E-state index contributed by atoms with van der Waals surface area (Å²) in [5.41, 5.74) is 0. The molecule has 92 valence electrons. The van der Waals surface area contributed by atoms with Gasteiger partial charge in [0.05, 0.1) is 25.7 Å². The summed E-state index contributed by atoms with van der Waals surface area (Å²) in [4.78, 5) is 4.18. The first kappa shape index (κ1) is 11.8. The first-order chi connectivity index (χ1) is 7.67. The summed E-state index contributed by atoms with van der Waals surface area (Å²) in [6.45, 7) is 2.05. The van der Waals surface area contributed by atoms with E-state index in [9.17, 15) is 10.2 Å². The number of fused-ring (bicyclic) bond motifs is 1. The lowest BCUT2D eigenvalue weighted by molar-refractivity contribution is -0.183. The van der Waals surface area contributed by atoms with Crippen molar-refractivity contribution in [1.29, 1.82) is 0 Å². The van der Waals surface area contributed by atoms with Crippen molar-refractivity contribution in [3.05, 3.63) is 0 Å². The lowest BCUT2D eigenvalue weighted by atomic mass is 9.94. The summed E-state index contributed by atoms with van der Waals surface area (Å²) >= 11 is 0. The predicted octanol–water partition coefficient (Wildman–Crippen LogP) is -1.32. The molecular weight excluding hydrogens is 214 g/mol. The molecule has 0 spiro atoms. The first-order valence-electron chi connectivity index (χ1n) is 5.49. The second-order valence-electron chi connectivity index (χ2n) is 4.03. The van der Waals surface area contributed by atoms with Gasteiger partial charge in [-0.25, -0.2) is 4.99 Å². The lowest BCUT2D eigenvalue weighted by Gasteiger charge is -2.37. The molecule has 5 atom stereocenters. The Morgan fingerprint density at radius 3 is 2.81 bits per heavy atom. The van der Waals surface area contributed by atoms with Crippen LogP contribution in [0.25, 0.3) is 0 Å². The molecular formula is C10H17NO5. The Hall–Kier alpha value is -0.690. The van der Waals surface area contributed by atoms with Gasteiger partial charge in [-0.1, -0.05) is 0 Å². The average Bonchev–Trinajstić information content (AvgIpc) is 2.67. The van der Waals surface area contributed by atoms with Crippen LogP contribution in [-0.4, -0.2) is 64.9 Å². The molecule has 0 aliphatic carbocycles.